The summed E-state index contributed by atoms with van der Waals surface area (Å²) in [6.45, 7) is 8.44. The maximum Gasteiger partial charge on any atom is 0.292 e. The van der Waals surface area contributed by atoms with E-state index in [2.05, 4.69) is 10.6 Å². The molecule has 0 bridgehead atoms. The Bertz CT molecular complexity index is 972. The van der Waals surface area contributed by atoms with Gasteiger partial charge in [-0.2, -0.15) is 0 Å². The van der Waals surface area contributed by atoms with Gasteiger partial charge in [-0.1, -0.05) is 0 Å². The molecule has 0 unspecified atom stereocenters. The second kappa shape index (κ2) is 7.53. The van der Waals surface area contributed by atoms with Crippen molar-refractivity contribution < 1.29 is 23.2 Å². The number of carbonyl (C=O) groups excluding carboxylic acids is 3. The quantitative estimate of drug-likeness (QED) is 0.620. The van der Waals surface area contributed by atoms with Gasteiger partial charge in [0, 0.05) is 30.0 Å². The summed E-state index contributed by atoms with van der Waals surface area (Å²) in [7, 11) is 1.58. The summed E-state index contributed by atoms with van der Waals surface area (Å²) >= 11 is 0. The molecule has 1 aromatic carbocycles. The number of benzene rings is 1. The Morgan fingerprint density at radius 1 is 1.04 bits per heavy atom. The maximum absolute atomic E-state index is 13.4. The van der Waals surface area contributed by atoms with E-state index >= 15 is 0 Å². The van der Waals surface area contributed by atoms with Gasteiger partial charge in [0.25, 0.3) is 17.6 Å². The number of ketones is 1. The van der Waals surface area contributed by atoms with Gasteiger partial charge in [-0.3, -0.25) is 14.4 Å². The van der Waals surface area contributed by atoms with Gasteiger partial charge in [-0.15, -0.1) is 0 Å². The molecule has 1 heterocycles. The van der Waals surface area contributed by atoms with E-state index in [0.29, 0.717) is 11.3 Å². The third kappa shape index (κ3) is 4.27. The van der Waals surface area contributed by atoms with Crippen LogP contribution in [0.1, 0.15) is 52.9 Å². The average Bonchev–Trinajstić information content (AvgIpc) is 2.78. The third-order valence-electron chi connectivity index (χ3n) is 4.24. The lowest BCUT2D eigenvalue weighted by atomic mass is 10.0. The van der Waals surface area contributed by atoms with Crippen LogP contribution in [0.25, 0.3) is 0 Å². The van der Waals surface area contributed by atoms with Crippen LogP contribution in [-0.4, -0.2) is 27.7 Å². The summed E-state index contributed by atoms with van der Waals surface area (Å²) in [4.78, 5) is 37.6. The number of aromatic nitrogens is 1. The van der Waals surface area contributed by atoms with Crippen molar-refractivity contribution in [2.24, 2.45) is 7.05 Å². The number of hydrogen-bond acceptors (Lipinski definition) is 3. The number of carbonyl (C=O) groups is 3. The second-order valence-corrected chi connectivity index (χ2v) is 7.61. The van der Waals surface area contributed by atoms with Crippen molar-refractivity contribution in [3.05, 3.63) is 52.3 Å². The van der Waals surface area contributed by atoms with Gasteiger partial charge < -0.3 is 15.2 Å². The van der Waals surface area contributed by atoms with Crippen molar-refractivity contribution in [2.45, 2.75) is 40.2 Å². The van der Waals surface area contributed by atoms with Crippen LogP contribution in [0.4, 0.5) is 14.5 Å². The fourth-order valence-electron chi connectivity index (χ4n) is 2.91. The summed E-state index contributed by atoms with van der Waals surface area (Å²) in [5, 5.41) is 5.08. The lowest BCUT2D eigenvalue weighted by Gasteiger charge is -2.19. The number of anilines is 1. The first-order valence-corrected chi connectivity index (χ1v) is 8.62. The number of halogens is 2. The molecule has 2 amide bonds. The molecule has 28 heavy (non-hydrogen) atoms. The number of nitrogens with one attached hydrogen (secondary N) is 2. The Kier molecular flexibility index (Phi) is 5.72. The molecular formula is C20H23F2N3O3. The van der Waals surface area contributed by atoms with Crippen molar-refractivity contribution in [1.82, 2.24) is 9.88 Å². The number of hydrogen-bond donors (Lipinski definition) is 2. The Balaban J connectivity index is 2.38. The maximum atomic E-state index is 13.4. The molecular weight excluding hydrogens is 368 g/mol. The highest BCUT2D eigenvalue weighted by Crippen LogP contribution is 2.23. The van der Waals surface area contributed by atoms with Gasteiger partial charge in [-0.05, 0) is 52.3 Å². The lowest BCUT2D eigenvalue weighted by Crippen LogP contribution is -2.44. The fraction of sp³-hybridized carbons (Fsp3) is 0.350. The Morgan fingerprint density at radius 2 is 1.64 bits per heavy atom. The molecule has 150 valence electrons. The van der Waals surface area contributed by atoms with Crippen molar-refractivity contribution in [3.8, 4) is 0 Å². The van der Waals surface area contributed by atoms with Crippen molar-refractivity contribution in [2.75, 3.05) is 5.32 Å². The molecule has 0 aliphatic carbocycles. The minimum Gasteiger partial charge on any atom is -0.345 e. The lowest BCUT2D eigenvalue weighted by molar-refractivity contribution is -0.118. The highest BCUT2D eigenvalue weighted by molar-refractivity contribution is 6.43. The van der Waals surface area contributed by atoms with Gasteiger partial charge in [0.15, 0.2) is 11.6 Å². The first-order valence-electron chi connectivity index (χ1n) is 8.62. The molecule has 0 aliphatic rings. The first kappa shape index (κ1) is 21.3. The standard InChI is InChI=1S/C20H23F2N3O3/c1-10-15(17(26)19(28)24-20(3,4)5)11(2)25(6)16(10)18(27)23-12-7-8-13(21)14(22)9-12/h7-9H,1-6H3,(H,23,27)(H,24,28). The van der Waals surface area contributed by atoms with E-state index in [-0.39, 0.29) is 16.9 Å². The van der Waals surface area contributed by atoms with Gasteiger partial charge in [0.05, 0.1) is 5.56 Å². The van der Waals surface area contributed by atoms with E-state index in [9.17, 15) is 23.2 Å². The normalized spacial score (nSPS) is 11.3. The van der Waals surface area contributed by atoms with E-state index in [0.717, 1.165) is 12.1 Å². The van der Waals surface area contributed by atoms with E-state index in [1.165, 1.54) is 10.6 Å². The zero-order chi connectivity index (χ0) is 21.4. The molecule has 2 rings (SSSR count). The third-order valence-corrected chi connectivity index (χ3v) is 4.24. The number of amides is 2. The highest BCUT2D eigenvalue weighted by Gasteiger charge is 2.30. The van der Waals surface area contributed by atoms with Crippen LogP contribution in [0.15, 0.2) is 18.2 Å². The highest BCUT2D eigenvalue weighted by atomic mass is 19.2. The first-order chi connectivity index (χ1) is 12.8. The van der Waals surface area contributed by atoms with Crippen LogP contribution in [0.2, 0.25) is 0 Å². The number of rotatable bonds is 4. The molecule has 2 aromatic rings. The van der Waals surface area contributed by atoms with Crippen molar-refractivity contribution in [3.63, 3.8) is 0 Å². The number of nitrogens with zero attached hydrogens (tertiary/aromatic N) is 1. The monoisotopic (exact) mass is 391 g/mol. The van der Waals surface area contributed by atoms with Crippen LogP contribution in [-0.2, 0) is 11.8 Å². The smallest absolute Gasteiger partial charge is 0.292 e. The van der Waals surface area contributed by atoms with Gasteiger partial charge in [0.2, 0.25) is 0 Å². The topological polar surface area (TPSA) is 80.2 Å². The molecule has 0 radical (unpaired) electrons. The van der Waals surface area contributed by atoms with Gasteiger partial charge >= 0.3 is 0 Å². The SMILES string of the molecule is Cc1c(C(=O)C(=O)NC(C)(C)C)c(C)n(C)c1C(=O)Nc1ccc(F)c(F)c1. The molecule has 8 heteroatoms. The molecule has 2 N–H and O–H groups in total. The van der Waals surface area contributed by atoms with E-state index in [1.807, 2.05) is 0 Å². The average molecular weight is 391 g/mol. The molecule has 0 fully saturated rings. The van der Waals surface area contributed by atoms with E-state index < -0.39 is 34.8 Å². The molecule has 1 aromatic heterocycles. The second-order valence-electron chi connectivity index (χ2n) is 7.61. The van der Waals surface area contributed by atoms with Crippen LogP contribution in [0.3, 0.4) is 0 Å². The van der Waals surface area contributed by atoms with E-state index in [4.69, 9.17) is 0 Å². The molecule has 0 saturated carbocycles. The molecule has 0 spiro atoms. The summed E-state index contributed by atoms with van der Waals surface area (Å²) in [5.41, 5.74) is 0.543. The molecule has 0 atom stereocenters. The van der Waals surface area contributed by atoms with Crippen molar-refractivity contribution in [1.29, 1.82) is 0 Å². The summed E-state index contributed by atoms with van der Waals surface area (Å²) in [6.07, 6.45) is 0. The predicted octanol–water partition coefficient (Wildman–Crippen LogP) is 3.27. The zero-order valence-corrected chi connectivity index (χ0v) is 16.7. The Hall–Kier alpha value is -3.03. The summed E-state index contributed by atoms with van der Waals surface area (Å²) < 4.78 is 27.9. The Morgan fingerprint density at radius 3 is 2.18 bits per heavy atom. The Labute approximate surface area is 161 Å². The van der Waals surface area contributed by atoms with Gasteiger partial charge in [-0.25, -0.2) is 8.78 Å². The van der Waals surface area contributed by atoms with Crippen LogP contribution in [0, 0.1) is 25.5 Å². The van der Waals surface area contributed by atoms with E-state index in [1.54, 1.807) is 41.7 Å². The zero-order valence-electron chi connectivity index (χ0n) is 16.7. The molecule has 6 nitrogen and oxygen atoms in total. The van der Waals surface area contributed by atoms with Crippen LogP contribution < -0.4 is 10.6 Å². The summed E-state index contributed by atoms with van der Waals surface area (Å²) in [5.74, 6) is -4.23. The molecule has 0 saturated heterocycles. The fourth-order valence-corrected chi connectivity index (χ4v) is 2.91. The number of Topliss-reactive ketones (excluding diaryl/α,β-unsaturated/α-hetero) is 1. The largest absolute Gasteiger partial charge is 0.345 e. The van der Waals surface area contributed by atoms with Crippen LogP contribution in [0.5, 0.6) is 0 Å². The predicted molar refractivity (Wildman–Crippen MR) is 101 cm³/mol. The van der Waals surface area contributed by atoms with Gasteiger partial charge in [0.1, 0.15) is 5.69 Å². The minimum absolute atomic E-state index is 0.0699. The van der Waals surface area contributed by atoms with Crippen LogP contribution >= 0.6 is 0 Å². The minimum atomic E-state index is -1.09. The molecule has 0 aliphatic heterocycles. The van der Waals surface area contributed by atoms with Crippen molar-refractivity contribution >= 4 is 23.3 Å². The summed E-state index contributed by atoms with van der Waals surface area (Å²) in [6, 6.07) is 2.99.